The average molecular weight is 267 g/mol. The van der Waals surface area contributed by atoms with Gasteiger partial charge in [0, 0.05) is 10.7 Å². The highest BCUT2D eigenvalue weighted by molar-refractivity contribution is 8.14. The molecule has 2 N–H and O–H groups in total. The first-order chi connectivity index (χ1) is 7.29. The van der Waals surface area contributed by atoms with Crippen molar-refractivity contribution in [3.8, 4) is 5.75 Å². The zero-order valence-electron chi connectivity index (χ0n) is 8.01. The van der Waals surface area contributed by atoms with Crippen LogP contribution in [0, 0.1) is 10.1 Å². The van der Waals surface area contributed by atoms with Gasteiger partial charge in [0.15, 0.2) is 0 Å². The highest BCUT2D eigenvalue weighted by atomic mass is 35.7. The minimum atomic E-state index is -4.32. The molecular formula is C7H7ClN2O5S. The van der Waals surface area contributed by atoms with Gasteiger partial charge in [-0.2, -0.15) is 0 Å². The molecule has 0 atom stereocenters. The maximum atomic E-state index is 11.2. The Morgan fingerprint density at radius 1 is 1.50 bits per heavy atom. The van der Waals surface area contributed by atoms with Crippen molar-refractivity contribution in [2.75, 3.05) is 12.8 Å². The highest BCUT2D eigenvalue weighted by Crippen LogP contribution is 2.39. The van der Waals surface area contributed by atoms with Crippen LogP contribution < -0.4 is 10.5 Å². The fourth-order valence-electron chi connectivity index (χ4n) is 1.15. The van der Waals surface area contributed by atoms with Crippen LogP contribution in [0.1, 0.15) is 0 Å². The van der Waals surface area contributed by atoms with Gasteiger partial charge in [-0.15, -0.1) is 0 Å². The van der Waals surface area contributed by atoms with Crippen LogP contribution in [0.3, 0.4) is 0 Å². The third-order valence-corrected chi connectivity index (χ3v) is 3.12. The Balaban J connectivity index is 3.77. The first kappa shape index (κ1) is 12.5. The number of hydrogen-bond donors (Lipinski definition) is 1. The Bertz CT molecular complexity index is 542. The average Bonchev–Trinajstić information content (AvgIpc) is 2.15. The number of halogens is 1. The number of anilines is 1. The normalized spacial score (nSPS) is 11.1. The second-order valence-electron chi connectivity index (χ2n) is 2.73. The van der Waals surface area contributed by atoms with Crippen LogP contribution in [-0.2, 0) is 9.05 Å². The number of nitro benzene ring substituents is 1. The van der Waals surface area contributed by atoms with Crippen molar-refractivity contribution in [1.82, 2.24) is 0 Å². The Hall–Kier alpha value is -1.54. The predicted octanol–water partition coefficient (Wildman–Crippen LogP) is 1.11. The fourth-order valence-corrected chi connectivity index (χ4v) is 2.41. The van der Waals surface area contributed by atoms with Crippen LogP contribution >= 0.6 is 10.7 Å². The third-order valence-electron chi connectivity index (χ3n) is 1.77. The maximum absolute atomic E-state index is 11.2. The molecule has 0 fully saturated rings. The van der Waals surface area contributed by atoms with Crippen molar-refractivity contribution >= 4 is 31.1 Å². The molecule has 0 unspecified atom stereocenters. The Kier molecular flexibility index (Phi) is 3.24. The quantitative estimate of drug-likeness (QED) is 0.379. The smallest absolute Gasteiger partial charge is 0.315 e. The molecule has 0 heterocycles. The lowest BCUT2D eigenvalue weighted by Gasteiger charge is -2.07. The molecule has 0 saturated carbocycles. The van der Waals surface area contributed by atoms with Crippen molar-refractivity contribution in [3.63, 3.8) is 0 Å². The minimum absolute atomic E-state index is 0.226. The Morgan fingerprint density at radius 3 is 2.44 bits per heavy atom. The van der Waals surface area contributed by atoms with E-state index in [2.05, 4.69) is 0 Å². The summed E-state index contributed by atoms with van der Waals surface area (Å²) in [5.41, 5.74) is 4.24. The van der Waals surface area contributed by atoms with Gasteiger partial charge in [-0.05, 0) is 12.1 Å². The molecule has 0 aliphatic carbocycles. The van der Waals surface area contributed by atoms with E-state index in [0.717, 1.165) is 0 Å². The van der Waals surface area contributed by atoms with E-state index >= 15 is 0 Å². The van der Waals surface area contributed by atoms with Crippen molar-refractivity contribution < 1.29 is 18.1 Å². The third kappa shape index (κ3) is 2.17. The largest absolute Gasteiger partial charge is 0.495 e. The number of rotatable bonds is 3. The number of ether oxygens (including phenoxy) is 1. The van der Waals surface area contributed by atoms with Crippen LogP contribution in [0.15, 0.2) is 17.0 Å². The molecule has 1 rings (SSSR count). The van der Waals surface area contributed by atoms with Crippen LogP contribution in [0.25, 0.3) is 0 Å². The van der Waals surface area contributed by atoms with Crippen LogP contribution in [-0.4, -0.2) is 20.5 Å². The summed E-state index contributed by atoms with van der Waals surface area (Å²) < 4.78 is 27.1. The van der Waals surface area contributed by atoms with E-state index < -0.39 is 24.6 Å². The number of methoxy groups -OCH3 is 1. The molecular weight excluding hydrogens is 260 g/mol. The Morgan fingerprint density at radius 2 is 2.06 bits per heavy atom. The van der Waals surface area contributed by atoms with E-state index in [1.54, 1.807) is 0 Å². The summed E-state index contributed by atoms with van der Waals surface area (Å²) in [6.07, 6.45) is 0. The number of nitrogens with two attached hydrogens (primary N) is 1. The predicted molar refractivity (Wildman–Crippen MR) is 57.1 cm³/mol. The van der Waals surface area contributed by atoms with Crippen molar-refractivity contribution in [1.29, 1.82) is 0 Å². The monoisotopic (exact) mass is 266 g/mol. The molecule has 9 heteroatoms. The standard InChI is InChI=1S/C7H7ClN2O5S/c1-15-5-3-2-4(9)6(10(11)12)7(5)16(8,13)14/h2-3H,9H2,1H3. The first-order valence-electron chi connectivity index (χ1n) is 3.84. The number of nitrogens with zero attached hydrogens (tertiary/aromatic N) is 1. The molecule has 16 heavy (non-hydrogen) atoms. The summed E-state index contributed by atoms with van der Waals surface area (Å²) in [5.74, 6) is -0.226. The molecule has 0 amide bonds. The van der Waals surface area contributed by atoms with Gasteiger partial charge in [0.25, 0.3) is 9.05 Å². The number of hydrogen-bond acceptors (Lipinski definition) is 6. The van der Waals surface area contributed by atoms with E-state index in [9.17, 15) is 18.5 Å². The fraction of sp³-hybridized carbons (Fsp3) is 0.143. The summed E-state index contributed by atoms with van der Waals surface area (Å²) >= 11 is 0. The van der Waals surface area contributed by atoms with E-state index in [-0.39, 0.29) is 11.4 Å². The Labute approximate surface area is 95.3 Å². The summed E-state index contributed by atoms with van der Waals surface area (Å²) in [4.78, 5) is 9.05. The van der Waals surface area contributed by atoms with Gasteiger partial charge in [0.05, 0.1) is 12.0 Å². The molecule has 0 spiro atoms. The van der Waals surface area contributed by atoms with Gasteiger partial charge < -0.3 is 10.5 Å². The molecule has 0 aromatic heterocycles. The first-order valence-corrected chi connectivity index (χ1v) is 6.15. The van der Waals surface area contributed by atoms with Gasteiger partial charge in [-0.25, -0.2) is 8.42 Å². The van der Waals surface area contributed by atoms with E-state index in [1.165, 1.54) is 19.2 Å². The summed E-state index contributed by atoms with van der Waals surface area (Å²) in [6, 6.07) is 2.36. The number of nitro groups is 1. The second kappa shape index (κ2) is 4.14. The molecule has 1 aromatic carbocycles. The number of nitrogen functional groups attached to an aromatic ring is 1. The van der Waals surface area contributed by atoms with Crippen LogP contribution in [0.5, 0.6) is 5.75 Å². The lowest BCUT2D eigenvalue weighted by atomic mass is 10.2. The molecule has 0 bridgehead atoms. The second-order valence-corrected chi connectivity index (χ2v) is 5.23. The SMILES string of the molecule is COc1ccc(N)c([N+](=O)[O-])c1S(=O)(=O)Cl. The summed E-state index contributed by atoms with van der Waals surface area (Å²) in [7, 11) is 1.95. The zero-order chi connectivity index (χ0) is 12.5. The van der Waals surface area contributed by atoms with Gasteiger partial charge in [0.1, 0.15) is 11.4 Å². The maximum Gasteiger partial charge on any atom is 0.315 e. The highest BCUT2D eigenvalue weighted by Gasteiger charge is 2.31. The van der Waals surface area contributed by atoms with Crippen molar-refractivity contribution in [2.45, 2.75) is 4.90 Å². The summed E-state index contributed by atoms with van der Waals surface area (Å²) in [5, 5.41) is 10.7. The summed E-state index contributed by atoms with van der Waals surface area (Å²) in [6.45, 7) is 0. The van der Waals surface area contributed by atoms with Gasteiger partial charge >= 0.3 is 5.69 Å². The van der Waals surface area contributed by atoms with E-state index in [1.807, 2.05) is 0 Å². The molecule has 1 aromatic rings. The molecule has 0 aliphatic rings. The topological polar surface area (TPSA) is 113 Å². The lowest BCUT2D eigenvalue weighted by Crippen LogP contribution is -2.05. The van der Waals surface area contributed by atoms with E-state index in [4.69, 9.17) is 21.2 Å². The van der Waals surface area contributed by atoms with Crippen LogP contribution in [0.2, 0.25) is 0 Å². The molecule has 0 radical (unpaired) electrons. The van der Waals surface area contributed by atoms with Crippen molar-refractivity contribution in [3.05, 3.63) is 22.2 Å². The molecule has 0 aliphatic heterocycles. The molecule has 7 nitrogen and oxygen atoms in total. The minimum Gasteiger partial charge on any atom is -0.495 e. The molecule has 0 saturated heterocycles. The van der Waals surface area contributed by atoms with Gasteiger partial charge in [-0.3, -0.25) is 10.1 Å². The molecule has 88 valence electrons. The van der Waals surface area contributed by atoms with Gasteiger partial charge in [0.2, 0.25) is 4.90 Å². The van der Waals surface area contributed by atoms with E-state index in [0.29, 0.717) is 0 Å². The van der Waals surface area contributed by atoms with Crippen LogP contribution in [0.4, 0.5) is 11.4 Å². The number of benzene rings is 1. The lowest BCUT2D eigenvalue weighted by molar-refractivity contribution is -0.386. The van der Waals surface area contributed by atoms with Gasteiger partial charge in [-0.1, -0.05) is 0 Å². The van der Waals surface area contributed by atoms with Crippen molar-refractivity contribution in [2.24, 2.45) is 0 Å². The zero-order valence-corrected chi connectivity index (χ0v) is 9.58.